The third kappa shape index (κ3) is 3.89. The summed E-state index contributed by atoms with van der Waals surface area (Å²) >= 11 is 3.59. The molecule has 0 amide bonds. The summed E-state index contributed by atoms with van der Waals surface area (Å²) in [4.78, 5) is 0. The van der Waals surface area contributed by atoms with Gasteiger partial charge >= 0.3 is 0 Å². The zero-order chi connectivity index (χ0) is 12.0. The summed E-state index contributed by atoms with van der Waals surface area (Å²) < 4.78 is 6.74. The molecule has 1 rings (SSSR count). The third-order valence-electron chi connectivity index (χ3n) is 2.51. The molecule has 0 spiro atoms. The predicted octanol–water partition coefficient (Wildman–Crippen LogP) is 3.44. The van der Waals surface area contributed by atoms with E-state index < -0.39 is 0 Å². The smallest absolute Gasteiger partial charge is 0.0661 e. The van der Waals surface area contributed by atoms with Crippen LogP contribution in [0.4, 0.5) is 0 Å². The Bertz CT molecular complexity index is 328. The van der Waals surface area contributed by atoms with Crippen molar-refractivity contribution in [3.8, 4) is 0 Å². The molecule has 0 saturated heterocycles. The minimum atomic E-state index is 0.251. The topological polar surface area (TPSA) is 21.3 Å². The SMILES string of the molecule is CCCOCC(NC)c1cc(C)ccc1Br. The van der Waals surface area contributed by atoms with Gasteiger partial charge in [0.05, 0.1) is 12.6 Å². The highest BCUT2D eigenvalue weighted by Gasteiger charge is 2.12. The predicted molar refractivity (Wildman–Crippen MR) is 71.8 cm³/mol. The lowest BCUT2D eigenvalue weighted by Crippen LogP contribution is -2.22. The van der Waals surface area contributed by atoms with Gasteiger partial charge in [-0.1, -0.05) is 40.5 Å². The molecule has 0 heterocycles. The van der Waals surface area contributed by atoms with Crippen LogP contribution >= 0.6 is 15.9 Å². The summed E-state index contributed by atoms with van der Waals surface area (Å²) in [5.74, 6) is 0. The number of hydrogen-bond donors (Lipinski definition) is 1. The van der Waals surface area contributed by atoms with Crippen LogP contribution in [0, 0.1) is 6.92 Å². The van der Waals surface area contributed by atoms with Crippen LogP contribution in [0.1, 0.15) is 30.5 Å². The highest BCUT2D eigenvalue weighted by Crippen LogP contribution is 2.24. The Morgan fingerprint density at radius 1 is 1.44 bits per heavy atom. The van der Waals surface area contributed by atoms with Gasteiger partial charge in [0, 0.05) is 11.1 Å². The Labute approximate surface area is 107 Å². The van der Waals surface area contributed by atoms with Crippen molar-refractivity contribution in [2.45, 2.75) is 26.3 Å². The Balaban J connectivity index is 2.73. The number of hydrogen-bond acceptors (Lipinski definition) is 2. The van der Waals surface area contributed by atoms with Crippen LogP contribution in [0.3, 0.4) is 0 Å². The van der Waals surface area contributed by atoms with Gasteiger partial charge in [-0.25, -0.2) is 0 Å². The van der Waals surface area contributed by atoms with Gasteiger partial charge in [0.1, 0.15) is 0 Å². The summed E-state index contributed by atoms with van der Waals surface area (Å²) in [5, 5.41) is 3.29. The normalized spacial score (nSPS) is 12.8. The van der Waals surface area contributed by atoms with E-state index >= 15 is 0 Å². The monoisotopic (exact) mass is 285 g/mol. The quantitative estimate of drug-likeness (QED) is 0.809. The number of nitrogens with one attached hydrogen (secondary N) is 1. The fourth-order valence-electron chi connectivity index (χ4n) is 1.60. The molecule has 1 aromatic carbocycles. The van der Waals surface area contributed by atoms with E-state index in [-0.39, 0.29) is 6.04 Å². The van der Waals surface area contributed by atoms with Gasteiger partial charge in [0.2, 0.25) is 0 Å². The van der Waals surface area contributed by atoms with E-state index in [1.807, 2.05) is 7.05 Å². The lowest BCUT2D eigenvalue weighted by atomic mass is 10.1. The van der Waals surface area contributed by atoms with E-state index in [1.54, 1.807) is 0 Å². The maximum Gasteiger partial charge on any atom is 0.0661 e. The number of benzene rings is 1. The Kier molecular flexibility index (Phi) is 6.03. The molecule has 3 heteroatoms. The molecule has 1 atom stereocenters. The van der Waals surface area contributed by atoms with Crippen LogP contribution in [-0.2, 0) is 4.74 Å². The van der Waals surface area contributed by atoms with E-state index in [4.69, 9.17) is 4.74 Å². The van der Waals surface area contributed by atoms with Crippen molar-refractivity contribution >= 4 is 15.9 Å². The second-order valence-corrected chi connectivity index (χ2v) is 4.80. The van der Waals surface area contributed by atoms with Gasteiger partial charge in [-0.05, 0) is 32.0 Å². The van der Waals surface area contributed by atoms with Crippen molar-refractivity contribution in [1.82, 2.24) is 5.32 Å². The number of aryl methyl sites for hydroxylation is 1. The molecule has 1 N–H and O–H groups in total. The molecule has 2 nitrogen and oxygen atoms in total. The van der Waals surface area contributed by atoms with Crippen molar-refractivity contribution in [3.63, 3.8) is 0 Å². The third-order valence-corrected chi connectivity index (χ3v) is 3.23. The average Bonchev–Trinajstić information content (AvgIpc) is 2.28. The van der Waals surface area contributed by atoms with E-state index in [9.17, 15) is 0 Å². The Morgan fingerprint density at radius 3 is 2.81 bits per heavy atom. The molecule has 0 aromatic heterocycles. The van der Waals surface area contributed by atoms with Crippen LogP contribution < -0.4 is 5.32 Å². The summed E-state index contributed by atoms with van der Waals surface area (Å²) in [7, 11) is 1.97. The van der Waals surface area contributed by atoms with Crippen LogP contribution in [-0.4, -0.2) is 20.3 Å². The van der Waals surface area contributed by atoms with Gasteiger partial charge in [-0.2, -0.15) is 0 Å². The van der Waals surface area contributed by atoms with Crippen LogP contribution in [0.15, 0.2) is 22.7 Å². The summed E-state index contributed by atoms with van der Waals surface area (Å²) in [6.45, 7) is 5.76. The van der Waals surface area contributed by atoms with Crippen molar-refractivity contribution in [3.05, 3.63) is 33.8 Å². The summed E-state index contributed by atoms with van der Waals surface area (Å²) in [6.07, 6.45) is 1.06. The van der Waals surface area contributed by atoms with Crippen molar-refractivity contribution < 1.29 is 4.74 Å². The van der Waals surface area contributed by atoms with Gasteiger partial charge in [0.25, 0.3) is 0 Å². The standard InChI is InChI=1S/C13H20BrNO/c1-4-7-16-9-13(15-3)11-8-10(2)5-6-12(11)14/h5-6,8,13,15H,4,7,9H2,1-3H3. The molecule has 1 aromatic rings. The zero-order valence-electron chi connectivity index (χ0n) is 10.2. The summed E-state index contributed by atoms with van der Waals surface area (Å²) in [6, 6.07) is 6.64. The largest absolute Gasteiger partial charge is 0.379 e. The first-order valence-corrected chi connectivity index (χ1v) is 6.49. The molecule has 0 radical (unpaired) electrons. The van der Waals surface area contributed by atoms with Crippen LogP contribution in [0.2, 0.25) is 0 Å². The highest BCUT2D eigenvalue weighted by molar-refractivity contribution is 9.10. The minimum Gasteiger partial charge on any atom is -0.379 e. The molecule has 16 heavy (non-hydrogen) atoms. The molecular formula is C13H20BrNO. The average molecular weight is 286 g/mol. The first-order chi connectivity index (χ1) is 7.69. The maximum atomic E-state index is 5.60. The first kappa shape index (κ1) is 13.7. The van der Waals surface area contributed by atoms with Crippen LogP contribution in [0.25, 0.3) is 0 Å². The van der Waals surface area contributed by atoms with E-state index in [0.29, 0.717) is 6.61 Å². The second-order valence-electron chi connectivity index (χ2n) is 3.94. The molecule has 90 valence electrons. The molecule has 0 saturated carbocycles. The Morgan fingerprint density at radius 2 is 2.19 bits per heavy atom. The minimum absolute atomic E-state index is 0.251. The second kappa shape index (κ2) is 7.05. The van der Waals surface area contributed by atoms with E-state index in [2.05, 4.69) is 53.3 Å². The lowest BCUT2D eigenvalue weighted by molar-refractivity contribution is 0.114. The molecule has 0 aliphatic rings. The van der Waals surface area contributed by atoms with E-state index in [1.165, 1.54) is 11.1 Å². The molecule has 0 fully saturated rings. The Hall–Kier alpha value is -0.380. The molecule has 1 unspecified atom stereocenters. The summed E-state index contributed by atoms with van der Waals surface area (Å²) in [5.41, 5.74) is 2.53. The van der Waals surface area contributed by atoms with Crippen molar-refractivity contribution in [2.75, 3.05) is 20.3 Å². The molecular weight excluding hydrogens is 266 g/mol. The number of rotatable bonds is 6. The fraction of sp³-hybridized carbons (Fsp3) is 0.538. The fourth-order valence-corrected chi connectivity index (χ4v) is 2.13. The van der Waals surface area contributed by atoms with Crippen molar-refractivity contribution in [2.24, 2.45) is 0 Å². The number of ether oxygens (including phenoxy) is 1. The number of halogens is 1. The lowest BCUT2D eigenvalue weighted by Gasteiger charge is -2.18. The first-order valence-electron chi connectivity index (χ1n) is 5.70. The van der Waals surface area contributed by atoms with Gasteiger partial charge in [-0.3, -0.25) is 0 Å². The van der Waals surface area contributed by atoms with Gasteiger partial charge < -0.3 is 10.1 Å². The highest BCUT2D eigenvalue weighted by atomic mass is 79.9. The molecule has 0 aliphatic heterocycles. The molecule has 0 aliphatic carbocycles. The van der Waals surface area contributed by atoms with Gasteiger partial charge in [-0.15, -0.1) is 0 Å². The van der Waals surface area contributed by atoms with Gasteiger partial charge in [0.15, 0.2) is 0 Å². The number of likely N-dealkylation sites (N-methyl/N-ethyl adjacent to an activating group) is 1. The maximum absolute atomic E-state index is 5.60. The van der Waals surface area contributed by atoms with Crippen molar-refractivity contribution in [1.29, 1.82) is 0 Å². The zero-order valence-corrected chi connectivity index (χ0v) is 11.8. The van der Waals surface area contributed by atoms with E-state index in [0.717, 1.165) is 17.5 Å². The molecule has 0 bridgehead atoms. The van der Waals surface area contributed by atoms with Crippen LogP contribution in [0.5, 0.6) is 0 Å².